The first-order valence-electron chi connectivity index (χ1n) is 11.1. The Kier molecular flexibility index (Phi) is 7.41. The summed E-state index contributed by atoms with van der Waals surface area (Å²) in [6.07, 6.45) is 0.712. The first kappa shape index (κ1) is 23.4. The van der Waals surface area contributed by atoms with Crippen LogP contribution in [0.5, 0.6) is 0 Å². The molecular weight excluding hydrogens is 452 g/mol. The molecule has 4 rings (SSSR count). The number of benzene rings is 3. The fraction of sp³-hybridized carbons (Fsp3) is 0.259. The van der Waals surface area contributed by atoms with Gasteiger partial charge in [-0.05, 0) is 48.7 Å². The summed E-state index contributed by atoms with van der Waals surface area (Å²) < 4.78 is 0. The normalized spacial score (nSPS) is 16.3. The van der Waals surface area contributed by atoms with Gasteiger partial charge in [0.25, 0.3) is 0 Å². The third kappa shape index (κ3) is 5.60. The van der Waals surface area contributed by atoms with Crippen LogP contribution in [0.3, 0.4) is 0 Å². The fourth-order valence-corrected chi connectivity index (χ4v) is 5.29. The van der Waals surface area contributed by atoms with Gasteiger partial charge in [0, 0.05) is 16.5 Å². The number of hydrogen-bond acceptors (Lipinski definition) is 3. The van der Waals surface area contributed by atoms with Crippen LogP contribution >= 0.6 is 23.4 Å². The quantitative estimate of drug-likeness (QED) is 0.477. The maximum absolute atomic E-state index is 13.5. The van der Waals surface area contributed by atoms with Crippen molar-refractivity contribution in [3.8, 4) is 0 Å². The maximum Gasteiger partial charge on any atom is 0.241 e. The van der Waals surface area contributed by atoms with Gasteiger partial charge < -0.3 is 10.2 Å². The average molecular weight is 479 g/mol. The minimum absolute atomic E-state index is 0.0281. The van der Waals surface area contributed by atoms with Gasteiger partial charge in [0.2, 0.25) is 11.8 Å². The van der Waals surface area contributed by atoms with E-state index in [9.17, 15) is 9.59 Å². The number of rotatable bonds is 7. The van der Waals surface area contributed by atoms with E-state index >= 15 is 0 Å². The van der Waals surface area contributed by atoms with Gasteiger partial charge in [-0.3, -0.25) is 9.59 Å². The highest BCUT2D eigenvalue weighted by Crippen LogP contribution is 2.42. The Balaban J connectivity index is 1.46. The van der Waals surface area contributed by atoms with Crippen molar-refractivity contribution in [2.45, 2.75) is 37.0 Å². The SMILES string of the molecule is Cc1ccc(CN2C(=O)[C@@H]([C@@H](C)C(=O)NCCc3ccc(Cl)cc3)Sc3ccccc32)cc1. The van der Waals surface area contributed by atoms with Crippen LogP contribution in [-0.4, -0.2) is 23.6 Å². The minimum atomic E-state index is -0.471. The molecule has 0 radical (unpaired) electrons. The number of hydrogen-bond donors (Lipinski definition) is 1. The molecule has 0 saturated carbocycles. The van der Waals surface area contributed by atoms with Gasteiger partial charge in [-0.15, -0.1) is 11.8 Å². The molecule has 0 bridgehead atoms. The summed E-state index contributed by atoms with van der Waals surface area (Å²) in [5.41, 5.74) is 4.25. The van der Waals surface area contributed by atoms with Crippen LogP contribution in [0.15, 0.2) is 77.7 Å². The lowest BCUT2D eigenvalue weighted by Crippen LogP contribution is -2.47. The van der Waals surface area contributed by atoms with Crippen molar-refractivity contribution in [2.24, 2.45) is 5.92 Å². The lowest BCUT2D eigenvalue weighted by Gasteiger charge is -2.35. The van der Waals surface area contributed by atoms with Crippen molar-refractivity contribution >= 4 is 40.9 Å². The number of aryl methyl sites for hydroxylation is 1. The van der Waals surface area contributed by atoms with E-state index in [0.29, 0.717) is 24.5 Å². The topological polar surface area (TPSA) is 49.4 Å². The van der Waals surface area contributed by atoms with Crippen LogP contribution in [0.25, 0.3) is 0 Å². The van der Waals surface area contributed by atoms with Crippen LogP contribution in [0.2, 0.25) is 5.02 Å². The van der Waals surface area contributed by atoms with Gasteiger partial charge >= 0.3 is 0 Å². The molecule has 1 heterocycles. The predicted molar refractivity (Wildman–Crippen MR) is 136 cm³/mol. The van der Waals surface area contributed by atoms with Crippen molar-refractivity contribution in [3.05, 3.63) is 94.5 Å². The number of fused-ring (bicyclic) bond motifs is 1. The molecule has 2 atom stereocenters. The lowest BCUT2D eigenvalue weighted by atomic mass is 10.0. The zero-order valence-electron chi connectivity index (χ0n) is 18.8. The Hall–Kier alpha value is -2.76. The number of carbonyl (C=O) groups is 2. The third-order valence-corrected chi connectivity index (χ3v) is 7.59. The third-order valence-electron chi connectivity index (χ3n) is 5.87. The highest BCUT2D eigenvalue weighted by molar-refractivity contribution is 8.01. The van der Waals surface area contributed by atoms with Crippen LogP contribution in [-0.2, 0) is 22.6 Å². The monoisotopic (exact) mass is 478 g/mol. The van der Waals surface area contributed by atoms with Crippen molar-refractivity contribution in [3.63, 3.8) is 0 Å². The van der Waals surface area contributed by atoms with E-state index in [4.69, 9.17) is 11.6 Å². The van der Waals surface area contributed by atoms with Gasteiger partial charge in [0.15, 0.2) is 0 Å². The van der Waals surface area contributed by atoms with Crippen molar-refractivity contribution in [2.75, 3.05) is 11.4 Å². The molecule has 0 unspecified atom stereocenters. The number of halogens is 1. The molecule has 3 aromatic carbocycles. The van der Waals surface area contributed by atoms with Crippen LogP contribution < -0.4 is 10.2 Å². The fourth-order valence-electron chi connectivity index (χ4n) is 3.87. The van der Waals surface area contributed by atoms with Crippen molar-refractivity contribution in [1.29, 1.82) is 0 Å². The Bertz CT molecular complexity index is 1130. The van der Waals surface area contributed by atoms with E-state index in [2.05, 4.69) is 29.6 Å². The van der Waals surface area contributed by atoms with E-state index in [1.54, 1.807) is 0 Å². The average Bonchev–Trinajstić information content (AvgIpc) is 2.82. The van der Waals surface area contributed by atoms with Crippen LogP contribution in [0, 0.1) is 12.8 Å². The maximum atomic E-state index is 13.5. The van der Waals surface area contributed by atoms with Crippen molar-refractivity contribution < 1.29 is 9.59 Å². The Labute approximate surface area is 204 Å². The lowest BCUT2D eigenvalue weighted by molar-refractivity contribution is -0.128. The molecule has 4 nitrogen and oxygen atoms in total. The van der Waals surface area contributed by atoms with E-state index < -0.39 is 11.2 Å². The van der Waals surface area contributed by atoms with Gasteiger partial charge in [0.1, 0.15) is 5.25 Å². The molecule has 3 aromatic rings. The summed E-state index contributed by atoms with van der Waals surface area (Å²) in [7, 11) is 0. The summed E-state index contributed by atoms with van der Waals surface area (Å²) in [5, 5.41) is 3.22. The molecular formula is C27H27ClN2O2S. The number of anilines is 1. The molecule has 33 heavy (non-hydrogen) atoms. The first-order chi connectivity index (χ1) is 15.9. The van der Waals surface area contributed by atoms with Crippen molar-refractivity contribution in [1.82, 2.24) is 5.32 Å². The summed E-state index contributed by atoms with van der Waals surface area (Å²) in [6, 6.07) is 23.7. The highest BCUT2D eigenvalue weighted by atomic mass is 35.5. The predicted octanol–water partition coefficient (Wildman–Crippen LogP) is 5.65. The second-order valence-corrected chi connectivity index (χ2v) is 9.99. The van der Waals surface area contributed by atoms with Crippen LogP contribution in [0.1, 0.15) is 23.6 Å². The molecule has 0 aliphatic carbocycles. The standard InChI is InChI=1S/C27H27ClN2O2S/c1-18-7-9-21(10-8-18)17-30-23-5-3-4-6-24(23)33-25(27(30)32)19(2)26(31)29-16-15-20-11-13-22(28)14-12-20/h3-14,19,25H,15-17H2,1-2H3,(H,29,31)/t19-,25-/m1/s1. The van der Waals surface area contributed by atoms with Crippen LogP contribution in [0.4, 0.5) is 5.69 Å². The molecule has 2 amide bonds. The molecule has 1 aliphatic rings. The number of para-hydroxylation sites is 1. The number of thioether (sulfide) groups is 1. The second-order valence-electron chi connectivity index (χ2n) is 8.37. The highest BCUT2D eigenvalue weighted by Gasteiger charge is 2.39. The minimum Gasteiger partial charge on any atom is -0.355 e. The van der Waals surface area contributed by atoms with Gasteiger partial charge in [-0.25, -0.2) is 0 Å². The smallest absolute Gasteiger partial charge is 0.241 e. The van der Waals surface area contributed by atoms with E-state index in [0.717, 1.165) is 21.7 Å². The largest absolute Gasteiger partial charge is 0.355 e. The summed E-state index contributed by atoms with van der Waals surface area (Å²) >= 11 is 7.42. The Morgan fingerprint density at radius 2 is 1.70 bits per heavy atom. The van der Waals surface area contributed by atoms with E-state index in [-0.39, 0.29) is 11.8 Å². The molecule has 0 aromatic heterocycles. The number of amides is 2. The Morgan fingerprint density at radius 1 is 1.03 bits per heavy atom. The summed E-state index contributed by atoms with van der Waals surface area (Å²) in [5.74, 6) is -0.592. The molecule has 0 fully saturated rings. The number of nitrogens with zero attached hydrogens (tertiary/aromatic N) is 1. The Morgan fingerprint density at radius 3 is 2.42 bits per heavy atom. The zero-order chi connectivity index (χ0) is 23.4. The summed E-state index contributed by atoms with van der Waals surface area (Å²) in [6.45, 7) is 4.88. The first-order valence-corrected chi connectivity index (χ1v) is 12.3. The number of nitrogens with one attached hydrogen (secondary N) is 1. The molecule has 1 N–H and O–H groups in total. The molecule has 6 heteroatoms. The zero-order valence-corrected chi connectivity index (χ0v) is 20.3. The second kappa shape index (κ2) is 10.4. The van der Waals surface area contributed by atoms with Gasteiger partial charge in [-0.2, -0.15) is 0 Å². The molecule has 170 valence electrons. The van der Waals surface area contributed by atoms with Gasteiger partial charge in [0.05, 0.1) is 18.2 Å². The van der Waals surface area contributed by atoms with E-state index in [1.165, 1.54) is 17.3 Å². The number of carbonyl (C=O) groups excluding carboxylic acids is 2. The molecule has 0 saturated heterocycles. The summed E-state index contributed by atoms with van der Waals surface area (Å²) in [4.78, 5) is 29.3. The van der Waals surface area contributed by atoms with E-state index in [1.807, 2.05) is 67.3 Å². The molecule has 0 spiro atoms. The van der Waals surface area contributed by atoms with Gasteiger partial charge in [-0.1, -0.05) is 72.6 Å². The molecule has 1 aliphatic heterocycles.